The minimum atomic E-state index is -3.84. The first kappa shape index (κ1) is 20.0. The van der Waals surface area contributed by atoms with E-state index in [4.69, 9.17) is 5.14 Å². The van der Waals surface area contributed by atoms with Crippen LogP contribution in [0.25, 0.3) is 0 Å². The molecular weight excluding hydrogens is 382 g/mol. The van der Waals surface area contributed by atoms with E-state index in [-0.39, 0.29) is 11.7 Å². The van der Waals surface area contributed by atoms with Crippen LogP contribution in [0, 0.1) is 0 Å². The number of hydrogen-bond donors (Lipinski definition) is 3. The van der Waals surface area contributed by atoms with Gasteiger partial charge >= 0.3 is 0 Å². The van der Waals surface area contributed by atoms with Crippen LogP contribution in [0.5, 0.6) is 0 Å². The van der Waals surface area contributed by atoms with Gasteiger partial charge in [0, 0.05) is 46.0 Å². The fourth-order valence-corrected chi connectivity index (χ4v) is 3.44. The van der Waals surface area contributed by atoms with Crippen molar-refractivity contribution in [1.29, 1.82) is 0 Å². The van der Waals surface area contributed by atoms with Crippen LogP contribution in [0.4, 0.5) is 11.5 Å². The molecule has 0 aromatic carbocycles. The highest BCUT2D eigenvalue weighted by atomic mass is 32.2. The molecule has 1 amide bonds. The molecule has 11 heteroatoms. The Kier molecular flexibility index (Phi) is 6.07. The molecule has 1 aliphatic heterocycles. The fourth-order valence-electron chi connectivity index (χ4n) is 3.03. The van der Waals surface area contributed by atoms with Gasteiger partial charge in [-0.3, -0.25) is 14.4 Å². The third-order valence-electron chi connectivity index (χ3n) is 4.42. The molecule has 0 atom stereocenters. The first-order valence-corrected chi connectivity index (χ1v) is 10.3. The number of pyridine rings is 2. The van der Waals surface area contributed by atoms with E-state index >= 15 is 0 Å². The zero-order valence-electron chi connectivity index (χ0n) is 15.5. The van der Waals surface area contributed by atoms with E-state index in [1.165, 1.54) is 0 Å². The number of amides is 1. The number of aromatic nitrogens is 2. The Morgan fingerprint density at radius 3 is 2.54 bits per heavy atom. The van der Waals surface area contributed by atoms with Crippen LogP contribution < -0.4 is 20.1 Å². The summed E-state index contributed by atoms with van der Waals surface area (Å²) in [7, 11) is -2.26. The lowest BCUT2D eigenvalue weighted by atomic mass is 10.2. The lowest BCUT2D eigenvalue weighted by Crippen LogP contribution is -2.46. The molecule has 28 heavy (non-hydrogen) atoms. The van der Waals surface area contributed by atoms with Gasteiger partial charge in [0.1, 0.15) is 11.5 Å². The summed E-state index contributed by atoms with van der Waals surface area (Å²) in [6.45, 7) is 4.03. The molecule has 4 N–H and O–H groups in total. The molecule has 0 aliphatic carbocycles. The van der Waals surface area contributed by atoms with Crippen molar-refractivity contribution in [3.8, 4) is 0 Å². The molecule has 3 rings (SSSR count). The fraction of sp³-hybridized carbons (Fsp3) is 0.353. The number of rotatable bonds is 6. The highest BCUT2D eigenvalue weighted by Crippen LogP contribution is 2.17. The van der Waals surface area contributed by atoms with E-state index in [1.807, 2.05) is 12.1 Å². The Balaban J connectivity index is 1.56. The highest BCUT2D eigenvalue weighted by molar-refractivity contribution is 7.90. The Bertz CT molecular complexity index is 926. The predicted molar refractivity (Wildman–Crippen MR) is 106 cm³/mol. The molecule has 0 spiro atoms. The quantitative estimate of drug-likeness (QED) is 0.605. The van der Waals surface area contributed by atoms with E-state index in [2.05, 4.69) is 29.8 Å². The standard InChI is InChI=1S/C17H23N7O3S/c1-19-17(25)15-3-2-14(11-21-15)24-8-6-23(7-9-24)12-13-4-5-20-16(10-13)22-28(18,26)27/h2-5,10-11H,6-9,12H2,1H3,(H,19,25)(H,20,22)(H2,18,26,27). The second kappa shape index (κ2) is 8.50. The smallest absolute Gasteiger partial charge is 0.297 e. The van der Waals surface area contributed by atoms with Gasteiger partial charge in [0.2, 0.25) is 0 Å². The summed E-state index contributed by atoms with van der Waals surface area (Å²) >= 11 is 0. The van der Waals surface area contributed by atoms with Crippen molar-refractivity contribution in [2.24, 2.45) is 5.14 Å². The molecule has 150 valence electrons. The predicted octanol–water partition coefficient (Wildman–Crippen LogP) is -0.226. The van der Waals surface area contributed by atoms with Crippen LogP contribution in [0.15, 0.2) is 36.7 Å². The zero-order chi connectivity index (χ0) is 20.1. The molecule has 1 aliphatic rings. The van der Waals surface area contributed by atoms with Gasteiger partial charge in [0.15, 0.2) is 0 Å². The Hall–Kier alpha value is -2.76. The summed E-state index contributed by atoms with van der Waals surface area (Å²) in [4.78, 5) is 24.2. The first-order valence-electron chi connectivity index (χ1n) is 8.75. The number of hydrogen-bond acceptors (Lipinski definition) is 7. The van der Waals surface area contributed by atoms with Gasteiger partial charge in [0.25, 0.3) is 16.1 Å². The monoisotopic (exact) mass is 405 g/mol. The third kappa shape index (κ3) is 5.38. The third-order valence-corrected chi connectivity index (χ3v) is 4.92. The van der Waals surface area contributed by atoms with Crippen LogP contribution >= 0.6 is 0 Å². The Morgan fingerprint density at radius 1 is 1.18 bits per heavy atom. The SMILES string of the molecule is CNC(=O)c1ccc(N2CCN(Cc3ccnc(NS(N)(=O)=O)c3)CC2)cn1. The molecule has 0 bridgehead atoms. The number of piperazine rings is 1. The van der Waals surface area contributed by atoms with Gasteiger partial charge in [-0.15, -0.1) is 0 Å². The lowest BCUT2D eigenvalue weighted by molar-refractivity contribution is 0.0958. The summed E-state index contributed by atoms with van der Waals surface area (Å²) < 4.78 is 24.4. The topological polar surface area (TPSA) is 134 Å². The van der Waals surface area contributed by atoms with E-state index < -0.39 is 10.2 Å². The molecule has 3 heterocycles. The second-order valence-corrected chi connectivity index (χ2v) is 7.73. The van der Waals surface area contributed by atoms with Crippen molar-refractivity contribution in [3.63, 3.8) is 0 Å². The normalized spacial score (nSPS) is 15.3. The average molecular weight is 405 g/mol. The van der Waals surface area contributed by atoms with Gasteiger partial charge in [0.05, 0.1) is 11.9 Å². The van der Waals surface area contributed by atoms with Crippen LogP contribution in [0.3, 0.4) is 0 Å². The molecule has 2 aromatic rings. The van der Waals surface area contributed by atoms with Gasteiger partial charge in [-0.2, -0.15) is 8.42 Å². The van der Waals surface area contributed by atoms with Crippen molar-refractivity contribution in [3.05, 3.63) is 47.9 Å². The van der Waals surface area contributed by atoms with E-state index in [9.17, 15) is 13.2 Å². The van der Waals surface area contributed by atoms with Crippen LogP contribution in [-0.2, 0) is 16.8 Å². The number of nitrogens with zero attached hydrogens (tertiary/aromatic N) is 4. The number of nitrogens with two attached hydrogens (primary N) is 1. The summed E-state index contributed by atoms with van der Waals surface area (Å²) in [5.74, 6) is 0.00549. The van der Waals surface area contributed by atoms with Crippen LogP contribution in [0.2, 0.25) is 0 Å². The maximum atomic E-state index is 11.6. The van der Waals surface area contributed by atoms with Gasteiger partial charge < -0.3 is 10.2 Å². The Labute approximate surface area is 163 Å². The van der Waals surface area contributed by atoms with Crippen molar-refractivity contribution in [2.45, 2.75) is 6.54 Å². The lowest BCUT2D eigenvalue weighted by Gasteiger charge is -2.36. The van der Waals surface area contributed by atoms with E-state index in [0.29, 0.717) is 12.2 Å². The first-order chi connectivity index (χ1) is 13.3. The van der Waals surface area contributed by atoms with Crippen molar-refractivity contribution in [2.75, 3.05) is 42.8 Å². The number of nitrogens with one attached hydrogen (secondary N) is 2. The number of anilines is 2. The molecule has 1 saturated heterocycles. The average Bonchev–Trinajstić information content (AvgIpc) is 2.67. The zero-order valence-corrected chi connectivity index (χ0v) is 16.3. The summed E-state index contributed by atoms with van der Waals surface area (Å²) in [6.07, 6.45) is 3.27. The molecule has 1 fully saturated rings. The van der Waals surface area contributed by atoms with Crippen LogP contribution in [0.1, 0.15) is 16.1 Å². The van der Waals surface area contributed by atoms with Crippen LogP contribution in [-0.4, -0.2) is 62.4 Å². The van der Waals surface area contributed by atoms with E-state index in [0.717, 1.165) is 37.4 Å². The molecule has 10 nitrogen and oxygen atoms in total. The number of carbonyl (C=O) groups is 1. The minimum Gasteiger partial charge on any atom is -0.368 e. The largest absolute Gasteiger partial charge is 0.368 e. The van der Waals surface area contributed by atoms with Gasteiger partial charge in [-0.25, -0.2) is 15.1 Å². The maximum Gasteiger partial charge on any atom is 0.297 e. The van der Waals surface area contributed by atoms with Gasteiger partial charge in [-0.1, -0.05) is 0 Å². The molecule has 0 unspecified atom stereocenters. The molecule has 0 radical (unpaired) electrons. The minimum absolute atomic E-state index is 0.204. The molecule has 2 aromatic heterocycles. The second-order valence-electron chi connectivity index (χ2n) is 6.44. The number of carbonyl (C=O) groups excluding carboxylic acids is 1. The van der Waals surface area contributed by atoms with E-state index in [1.54, 1.807) is 31.6 Å². The van der Waals surface area contributed by atoms with Crippen molar-refractivity contribution in [1.82, 2.24) is 20.2 Å². The molecular formula is C17H23N7O3S. The highest BCUT2D eigenvalue weighted by Gasteiger charge is 2.18. The van der Waals surface area contributed by atoms with Crippen molar-refractivity contribution >= 4 is 27.6 Å². The summed E-state index contributed by atoms with van der Waals surface area (Å²) in [6, 6.07) is 7.15. The summed E-state index contributed by atoms with van der Waals surface area (Å²) in [5, 5.41) is 7.54. The Morgan fingerprint density at radius 2 is 1.93 bits per heavy atom. The van der Waals surface area contributed by atoms with Crippen molar-refractivity contribution < 1.29 is 13.2 Å². The molecule has 0 saturated carbocycles. The summed E-state index contributed by atoms with van der Waals surface area (Å²) in [5.41, 5.74) is 2.33. The van der Waals surface area contributed by atoms with Gasteiger partial charge in [-0.05, 0) is 29.8 Å². The maximum absolute atomic E-state index is 11.6.